The summed E-state index contributed by atoms with van der Waals surface area (Å²) in [5.74, 6) is 0.190. The molecule has 0 aliphatic carbocycles. The molecule has 1 aromatic carbocycles. The molecule has 1 N–H and O–H groups in total. The van der Waals surface area contributed by atoms with Crippen LogP contribution in [0, 0.1) is 6.92 Å². The number of piperazine rings is 1. The molecule has 0 radical (unpaired) electrons. The highest BCUT2D eigenvalue weighted by Crippen LogP contribution is 2.10. The standard InChI is InChI=1S/C15H25N3O2S/c1-14-4-3-5-15(12-14)13-17(2)21(19,20)11-10-18-8-6-16-7-9-18/h3-5,12,16H,6-11,13H2,1-2H3. The molecular weight excluding hydrogens is 286 g/mol. The van der Waals surface area contributed by atoms with Gasteiger partial charge in [-0.05, 0) is 12.5 Å². The Bertz CT molecular complexity index is 554. The lowest BCUT2D eigenvalue weighted by Crippen LogP contribution is -2.46. The van der Waals surface area contributed by atoms with E-state index in [1.165, 1.54) is 4.31 Å². The molecule has 1 heterocycles. The van der Waals surface area contributed by atoms with Gasteiger partial charge in [0.15, 0.2) is 0 Å². The summed E-state index contributed by atoms with van der Waals surface area (Å²) in [6.07, 6.45) is 0. The Morgan fingerprint density at radius 1 is 1.29 bits per heavy atom. The Balaban J connectivity index is 1.88. The quantitative estimate of drug-likeness (QED) is 0.839. The van der Waals surface area contributed by atoms with Crippen LogP contribution in [0.25, 0.3) is 0 Å². The van der Waals surface area contributed by atoms with Gasteiger partial charge >= 0.3 is 0 Å². The van der Waals surface area contributed by atoms with Crippen molar-refractivity contribution < 1.29 is 8.42 Å². The van der Waals surface area contributed by atoms with Gasteiger partial charge in [-0.2, -0.15) is 0 Å². The second kappa shape index (κ2) is 7.35. The third kappa shape index (κ3) is 5.07. The Hall–Kier alpha value is -0.950. The van der Waals surface area contributed by atoms with Gasteiger partial charge in [-0.1, -0.05) is 29.8 Å². The summed E-state index contributed by atoms with van der Waals surface area (Å²) in [5.41, 5.74) is 2.18. The third-order valence-electron chi connectivity index (χ3n) is 3.84. The molecular formula is C15H25N3O2S. The van der Waals surface area contributed by atoms with E-state index in [0.717, 1.165) is 37.3 Å². The lowest BCUT2D eigenvalue weighted by atomic mass is 10.1. The molecule has 1 fully saturated rings. The minimum atomic E-state index is -3.20. The monoisotopic (exact) mass is 311 g/mol. The van der Waals surface area contributed by atoms with Crippen LogP contribution < -0.4 is 5.32 Å². The Kier molecular flexibility index (Phi) is 5.75. The Morgan fingerprint density at radius 3 is 2.67 bits per heavy atom. The molecule has 0 bridgehead atoms. The van der Waals surface area contributed by atoms with Gasteiger partial charge in [-0.3, -0.25) is 4.90 Å². The number of nitrogens with zero attached hydrogens (tertiary/aromatic N) is 2. The molecule has 0 spiro atoms. The van der Waals surface area contributed by atoms with E-state index in [-0.39, 0.29) is 5.75 Å². The lowest BCUT2D eigenvalue weighted by molar-refractivity contribution is 0.252. The van der Waals surface area contributed by atoms with Crippen LogP contribution >= 0.6 is 0 Å². The topological polar surface area (TPSA) is 52.7 Å². The van der Waals surface area contributed by atoms with Crippen molar-refractivity contribution in [1.82, 2.24) is 14.5 Å². The molecule has 0 aromatic heterocycles. The van der Waals surface area contributed by atoms with Crippen molar-refractivity contribution in [1.29, 1.82) is 0 Å². The van der Waals surface area contributed by atoms with Crippen LogP contribution in [0.2, 0.25) is 0 Å². The van der Waals surface area contributed by atoms with Crippen LogP contribution in [0.15, 0.2) is 24.3 Å². The molecule has 0 saturated carbocycles. The van der Waals surface area contributed by atoms with Crippen molar-refractivity contribution in [2.24, 2.45) is 0 Å². The van der Waals surface area contributed by atoms with E-state index in [2.05, 4.69) is 10.2 Å². The van der Waals surface area contributed by atoms with Crippen molar-refractivity contribution in [3.05, 3.63) is 35.4 Å². The smallest absolute Gasteiger partial charge is 0.215 e. The minimum Gasteiger partial charge on any atom is -0.314 e. The summed E-state index contributed by atoms with van der Waals surface area (Å²) < 4.78 is 26.2. The molecule has 1 aliphatic heterocycles. The normalized spacial score (nSPS) is 17.3. The van der Waals surface area contributed by atoms with Crippen LogP contribution in [-0.4, -0.2) is 63.1 Å². The highest BCUT2D eigenvalue weighted by atomic mass is 32.2. The maximum absolute atomic E-state index is 12.3. The maximum Gasteiger partial charge on any atom is 0.215 e. The zero-order valence-electron chi connectivity index (χ0n) is 12.9. The molecule has 2 rings (SSSR count). The van der Waals surface area contributed by atoms with Crippen LogP contribution in [-0.2, 0) is 16.6 Å². The second-order valence-electron chi connectivity index (χ2n) is 5.65. The van der Waals surface area contributed by atoms with Crippen molar-refractivity contribution in [2.45, 2.75) is 13.5 Å². The first-order chi connectivity index (χ1) is 9.97. The Labute approximate surface area is 128 Å². The summed E-state index contributed by atoms with van der Waals surface area (Å²) in [5, 5.41) is 3.27. The van der Waals surface area contributed by atoms with Gasteiger partial charge in [0, 0.05) is 46.3 Å². The van der Waals surface area contributed by atoms with E-state index >= 15 is 0 Å². The zero-order chi connectivity index (χ0) is 15.3. The fourth-order valence-corrected chi connectivity index (χ4v) is 3.65. The minimum absolute atomic E-state index is 0.190. The van der Waals surface area contributed by atoms with Crippen molar-refractivity contribution in [3.8, 4) is 0 Å². The highest BCUT2D eigenvalue weighted by molar-refractivity contribution is 7.89. The SMILES string of the molecule is Cc1cccc(CN(C)S(=O)(=O)CCN2CCNCC2)c1. The van der Waals surface area contributed by atoms with Gasteiger partial charge in [0.1, 0.15) is 0 Å². The number of sulfonamides is 1. The maximum atomic E-state index is 12.3. The summed E-state index contributed by atoms with van der Waals surface area (Å²) in [7, 11) is -1.54. The molecule has 21 heavy (non-hydrogen) atoms. The van der Waals surface area contributed by atoms with E-state index in [1.54, 1.807) is 7.05 Å². The number of hydrogen-bond donors (Lipinski definition) is 1. The summed E-state index contributed by atoms with van der Waals surface area (Å²) in [4.78, 5) is 2.20. The molecule has 1 saturated heterocycles. The van der Waals surface area contributed by atoms with Crippen molar-refractivity contribution in [3.63, 3.8) is 0 Å². The predicted octanol–water partition coefficient (Wildman–Crippen LogP) is 0.662. The molecule has 6 heteroatoms. The first kappa shape index (κ1) is 16.4. The Morgan fingerprint density at radius 2 is 2.00 bits per heavy atom. The van der Waals surface area contributed by atoms with Crippen LogP contribution in [0.4, 0.5) is 0 Å². The second-order valence-corrected chi connectivity index (χ2v) is 7.85. The van der Waals surface area contributed by atoms with Gasteiger partial charge in [-0.15, -0.1) is 0 Å². The lowest BCUT2D eigenvalue weighted by Gasteiger charge is -2.27. The highest BCUT2D eigenvalue weighted by Gasteiger charge is 2.20. The van der Waals surface area contributed by atoms with Crippen LogP contribution in [0.3, 0.4) is 0 Å². The molecule has 1 aliphatic rings. The number of nitrogens with one attached hydrogen (secondary N) is 1. The number of benzene rings is 1. The van der Waals surface area contributed by atoms with Gasteiger partial charge in [0.2, 0.25) is 10.0 Å². The van der Waals surface area contributed by atoms with E-state index in [1.807, 2.05) is 31.2 Å². The summed E-state index contributed by atoms with van der Waals surface area (Å²) >= 11 is 0. The number of aryl methyl sites for hydroxylation is 1. The molecule has 118 valence electrons. The van der Waals surface area contributed by atoms with Gasteiger partial charge in [-0.25, -0.2) is 12.7 Å². The first-order valence-electron chi connectivity index (χ1n) is 7.40. The average molecular weight is 311 g/mol. The van der Waals surface area contributed by atoms with Crippen molar-refractivity contribution in [2.75, 3.05) is 45.5 Å². The van der Waals surface area contributed by atoms with Crippen LogP contribution in [0.1, 0.15) is 11.1 Å². The van der Waals surface area contributed by atoms with Gasteiger partial charge in [0.25, 0.3) is 0 Å². The van der Waals surface area contributed by atoms with E-state index < -0.39 is 10.0 Å². The molecule has 0 atom stereocenters. The zero-order valence-corrected chi connectivity index (χ0v) is 13.7. The van der Waals surface area contributed by atoms with E-state index in [4.69, 9.17) is 0 Å². The molecule has 0 unspecified atom stereocenters. The molecule has 0 amide bonds. The largest absolute Gasteiger partial charge is 0.314 e. The molecule has 5 nitrogen and oxygen atoms in total. The van der Waals surface area contributed by atoms with Gasteiger partial charge in [0.05, 0.1) is 5.75 Å². The van der Waals surface area contributed by atoms with E-state index in [9.17, 15) is 8.42 Å². The first-order valence-corrected chi connectivity index (χ1v) is 9.01. The number of rotatable bonds is 6. The van der Waals surface area contributed by atoms with E-state index in [0.29, 0.717) is 13.1 Å². The molecule has 1 aromatic rings. The average Bonchev–Trinajstić information content (AvgIpc) is 2.46. The van der Waals surface area contributed by atoms with Crippen molar-refractivity contribution >= 4 is 10.0 Å². The van der Waals surface area contributed by atoms with Gasteiger partial charge < -0.3 is 5.32 Å². The number of hydrogen-bond acceptors (Lipinski definition) is 4. The summed E-state index contributed by atoms with van der Waals surface area (Å²) in [6, 6.07) is 7.98. The third-order valence-corrected chi connectivity index (χ3v) is 5.61. The summed E-state index contributed by atoms with van der Waals surface area (Å²) in [6.45, 7) is 6.81. The fraction of sp³-hybridized carbons (Fsp3) is 0.600. The fourth-order valence-electron chi connectivity index (χ4n) is 2.50. The predicted molar refractivity (Wildman–Crippen MR) is 85.7 cm³/mol. The van der Waals surface area contributed by atoms with Crippen LogP contribution in [0.5, 0.6) is 0 Å².